The molecule has 0 saturated carbocycles. The molecule has 2 aliphatic rings. The van der Waals surface area contributed by atoms with Gasteiger partial charge in [-0.3, -0.25) is 0 Å². The second-order valence-corrected chi connectivity index (χ2v) is 6.73. The van der Waals surface area contributed by atoms with E-state index in [9.17, 15) is 4.79 Å². The van der Waals surface area contributed by atoms with Gasteiger partial charge in [-0.25, -0.2) is 4.79 Å². The fourth-order valence-electron chi connectivity index (χ4n) is 3.50. The quantitative estimate of drug-likeness (QED) is 0.345. The monoisotopic (exact) mass is 332 g/mol. The third kappa shape index (κ3) is 5.34. The maximum atomic E-state index is 12.7. The molecule has 0 fully saturated rings. The number of unbranched alkanes of at least 4 members (excludes halogenated alkanes) is 1. The van der Waals surface area contributed by atoms with Gasteiger partial charge in [-0.05, 0) is 74.5 Å². The molecule has 2 rings (SSSR count). The Labute approximate surface area is 146 Å². The first kappa shape index (κ1) is 19.0. The topological polar surface area (TPSA) is 35.5 Å². The van der Waals surface area contributed by atoms with Gasteiger partial charge in [0.15, 0.2) is 0 Å². The Bertz CT molecular complexity index is 483. The Morgan fingerprint density at radius 1 is 1.04 bits per heavy atom. The normalized spacial score (nSPS) is 17.8. The first-order valence-corrected chi connectivity index (χ1v) is 9.56. The first-order valence-electron chi connectivity index (χ1n) is 9.56. The fraction of sp³-hybridized carbons (Fsp3) is 0.667. The summed E-state index contributed by atoms with van der Waals surface area (Å²) in [5.74, 6) is -0.196. The molecule has 0 radical (unpaired) electrons. The molecule has 0 atom stereocenters. The summed E-state index contributed by atoms with van der Waals surface area (Å²) in [6.45, 7) is 2.92. The van der Waals surface area contributed by atoms with Crippen molar-refractivity contribution in [3.8, 4) is 0 Å². The Kier molecular flexibility index (Phi) is 8.31. The Morgan fingerprint density at radius 2 is 1.67 bits per heavy atom. The first-order chi connectivity index (χ1) is 11.8. The number of rotatable bonds is 8. The molecule has 0 saturated heterocycles. The van der Waals surface area contributed by atoms with Crippen molar-refractivity contribution in [2.45, 2.75) is 71.1 Å². The molecule has 0 aliphatic heterocycles. The van der Waals surface area contributed by atoms with Crippen LogP contribution in [0.3, 0.4) is 0 Å². The maximum absolute atomic E-state index is 12.7. The van der Waals surface area contributed by atoms with Crippen LogP contribution >= 0.6 is 0 Å². The van der Waals surface area contributed by atoms with Crippen molar-refractivity contribution in [3.63, 3.8) is 0 Å². The molecule has 24 heavy (non-hydrogen) atoms. The van der Waals surface area contributed by atoms with E-state index in [0.717, 1.165) is 49.7 Å². The minimum Gasteiger partial charge on any atom is -0.462 e. The largest absolute Gasteiger partial charge is 0.462 e. The number of carbonyl (C=O) groups is 1. The van der Waals surface area contributed by atoms with Crippen molar-refractivity contribution in [1.82, 2.24) is 0 Å². The van der Waals surface area contributed by atoms with E-state index >= 15 is 0 Å². The van der Waals surface area contributed by atoms with Crippen LogP contribution in [-0.2, 0) is 14.3 Å². The summed E-state index contributed by atoms with van der Waals surface area (Å²) in [5.41, 5.74) is 4.51. The number of carbonyl (C=O) groups excluding carboxylic acids is 1. The van der Waals surface area contributed by atoms with E-state index in [4.69, 9.17) is 9.47 Å². The molecule has 0 unspecified atom stereocenters. The summed E-state index contributed by atoms with van der Waals surface area (Å²) >= 11 is 0. The molecule has 0 heterocycles. The molecule has 3 heteroatoms. The van der Waals surface area contributed by atoms with E-state index in [1.54, 1.807) is 7.11 Å². The van der Waals surface area contributed by atoms with Gasteiger partial charge in [0, 0.05) is 7.11 Å². The molecule has 0 aromatic heterocycles. The summed E-state index contributed by atoms with van der Waals surface area (Å²) in [4.78, 5) is 12.7. The molecule has 0 N–H and O–H groups in total. The lowest BCUT2D eigenvalue weighted by Gasteiger charge is -2.24. The third-order valence-electron chi connectivity index (χ3n) is 4.79. The number of methoxy groups -OCH3 is 1. The molecule has 0 spiro atoms. The van der Waals surface area contributed by atoms with Crippen LogP contribution in [0.1, 0.15) is 71.1 Å². The van der Waals surface area contributed by atoms with E-state index in [2.05, 4.69) is 19.1 Å². The van der Waals surface area contributed by atoms with Crippen molar-refractivity contribution < 1.29 is 14.3 Å². The SMILES string of the molecule is CCCCOC(=O)C(COC)=C(C1=CCCCC1)C1=CCCCC1. The molecule has 3 nitrogen and oxygen atoms in total. The smallest absolute Gasteiger partial charge is 0.337 e. The zero-order valence-corrected chi connectivity index (χ0v) is 15.4. The number of hydrogen-bond acceptors (Lipinski definition) is 3. The van der Waals surface area contributed by atoms with Crippen LogP contribution in [0.4, 0.5) is 0 Å². The van der Waals surface area contributed by atoms with Gasteiger partial charge >= 0.3 is 5.97 Å². The minimum atomic E-state index is -0.196. The highest BCUT2D eigenvalue weighted by Crippen LogP contribution is 2.36. The second kappa shape index (κ2) is 10.5. The van der Waals surface area contributed by atoms with Crippen LogP contribution in [0.15, 0.2) is 34.4 Å². The van der Waals surface area contributed by atoms with Crippen molar-refractivity contribution in [3.05, 3.63) is 34.4 Å². The molecule has 2 aliphatic carbocycles. The van der Waals surface area contributed by atoms with Crippen molar-refractivity contribution >= 4 is 5.97 Å². The lowest BCUT2D eigenvalue weighted by Crippen LogP contribution is -2.18. The Hall–Kier alpha value is -1.35. The van der Waals surface area contributed by atoms with Crippen LogP contribution in [0.25, 0.3) is 0 Å². The zero-order valence-electron chi connectivity index (χ0n) is 15.4. The molecule has 0 bridgehead atoms. The second-order valence-electron chi connectivity index (χ2n) is 6.73. The molecule has 0 aromatic carbocycles. The standard InChI is InChI=1S/C21H32O3/c1-3-4-15-24-21(22)19(16-23-2)20(17-11-7-5-8-12-17)18-13-9-6-10-14-18/h11,13H,3-10,12,14-16H2,1-2H3. The average molecular weight is 332 g/mol. The average Bonchev–Trinajstić information content (AvgIpc) is 2.63. The van der Waals surface area contributed by atoms with Crippen LogP contribution in [-0.4, -0.2) is 26.3 Å². The van der Waals surface area contributed by atoms with Gasteiger partial charge in [-0.15, -0.1) is 0 Å². The highest BCUT2D eigenvalue weighted by atomic mass is 16.5. The van der Waals surface area contributed by atoms with Crippen LogP contribution in [0, 0.1) is 0 Å². The Balaban J connectivity index is 2.36. The van der Waals surface area contributed by atoms with Gasteiger partial charge < -0.3 is 9.47 Å². The van der Waals surface area contributed by atoms with E-state index in [-0.39, 0.29) is 5.97 Å². The third-order valence-corrected chi connectivity index (χ3v) is 4.79. The number of ether oxygens (including phenoxy) is 2. The number of esters is 1. The van der Waals surface area contributed by atoms with Gasteiger partial charge in [0.25, 0.3) is 0 Å². The van der Waals surface area contributed by atoms with E-state index in [1.807, 2.05) is 0 Å². The van der Waals surface area contributed by atoms with Gasteiger partial charge in [0.05, 0.1) is 18.8 Å². The van der Waals surface area contributed by atoms with E-state index in [0.29, 0.717) is 13.2 Å². The number of allylic oxidation sites excluding steroid dienone is 5. The van der Waals surface area contributed by atoms with Gasteiger partial charge in [-0.1, -0.05) is 25.5 Å². The minimum absolute atomic E-state index is 0.196. The Morgan fingerprint density at radius 3 is 2.12 bits per heavy atom. The van der Waals surface area contributed by atoms with Crippen molar-refractivity contribution in [2.75, 3.05) is 20.3 Å². The summed E-state index contributed by atoms with van der Waals surface area (Å²) < 4.78 is 10.9. The highest BCUT2D eigenvalue weighted by molar-refractivity contribution is 5.92. The zero-order chi connectivity index (χ0) is 17.2. The van der Waals surface area contributed by atoms with Crippen LogP contribution < -0.4 is 0 Å². The molecule has 134 valence electrons. The van der Waals surface area contributed by atoms with E-state index in [1.165, 1.54) is 36.8 Å². The van der Waals surface area contributed by atoms with Crippen LogP contribution in [0.5, 0.6) is 0 Å². The summed E-state index contributed by atoms with van der Waals surface area (Å²) in [6.07, 6.45) is 15.8. The summed E-state index contributed by atoms with van der Waals surface area (Å²) in [5, 5.41) is 0. The van der Waals surface area contributed by atoms with Crippen molar-refractivity contribution in [2.24, 2.45) is 0 Å². The highest BCUT2D eigenvalue weighted by Gasteiger charge is 2.24. The predicted octanol–water partition coefficient (Wildman–Crippen LogP) is 5.27. The van der Waals surface area contributed by atoms with Crippen molar-refractivity contribution in [1.29, 1.82) is 0 Å². The summed E-state index contributed by atoms with van der Waals surface area (Å²) in [7, 11) is 1.65. The molecule has 0 aromatic rings. The molecular formula is C21H32O3. The van der Waals surface area contributed by atoms with Crippen LogP contribution in [0.2, 0.25) is 0 Å². The van der Waals surface area contributed by atoms with Gasteiger partial charge in [0.2, 0.25) is 0 Å². The fourth-order valence-corrected chi connectivity index (χ4v) is 3.50. The molecule has 0 amide bonds. The predicted molar refractivity (Wildman–Crippen MR) is 97.9 cm³/mol. The summed E-state index contributed by atoms with van der Waals surface area (Å²) in [6, 6.07) is 0. The van der Waals surface area contributed by atoms with Gasteiger partial charge in [0.1, 0.15) is 0 Å². The maximum Gasteiger partial charge on any atom is 0.337 e. The van der Waals surface area contributed by atoms with E-state index < -0.39 is 0 Å². The molecular weight excluding hydrogens is 300 g/mol. The lowest BCUT2D eigenvalue weighted by atomic mass is 9.82. The van der Waals surface area contributed by atoms with Gasteiger partial charge in [-0.2, -0.15) is 0 Å². The number of hydrogen-bond donors (Lipinski definition) is 0. The lowest BCUT2D eigenvalue weighted by molar-refractivity contribution is -0.139.